The van der Waals surface area contributed by atoms with Gasteiger partial charge in [-0.15, -0.1) is 0 Å². The van der Waals surface area contributed by atoms with E-state index in [1.165, 1.54) is 6.42 Å². The van der Waals surface area contributed by atoms with E-state index in [4.69, 9.17) is 34.8 Å². The van der Waals surface area contributed by atoms with Gasteiger partial charge in [-0.2, -0.15) is 0 Å². The van der Waals surface area contributed by atoms with Gasteiger partial charge in [-0.25, -0.2) is 0 Å². The van der Waals surface area contributed by atoms with Gasteiger partial charge in [0.25, 0.3) is 0 Å². The van der Waals surface area contributed by atoms with Crippen LogP contribution in [0.5, 0.6) is 0 Å². The summed E-state index contributed by atoms with van der Waals surface area (Å²) in [6.07, 6.45) is 2.45. The summed E-state index contributed by atoms with van der Waals surface area (Å²) in [7, 11) is 0. The maximum absolute atomic E-state index is 10.1. The van der Waals surface area contributed by atoms with Gasteiger partial charge < -0.3 is 5.11 Å². The number of aliphatic hydroxyl groups excluding tert-OH is 1. The first-order chi connectivity index (χ1) is 7.23. The van der Waals surface area contributed by atoms with Gasteiger partial charge in [0, 0.05) is 0 Å². The summed E-state index contributed by atoms with van der Waals surface area (Å²) in [5.41, 5.74) is 0. The standard InChI is InChI=1S/C12H21Cl3O/c1-7(2)9-5-4-8(3)10(6-9)11(16)12(13,14)15/h7-11,16H,4-6H2,1-3H3. The molecule has 0 aliphatic heterocycles. The van der Waals surface area contributed by atoms with Crippen LogP contribution in [0.25, 0.3) is 0 Å². The van der Waals surface area contributed by atoms with Gasteiger partial charge in [-0.05, 0) is 36.5 Å². The Morgan fingerprint density at radius 3 is 2.19 bits per heavy atom. The number of alkyl halides is 3. The van der Waals surface area contributed by atoms with E-state index in [2.05, 4.69) is 20.8 Å². The predicted octanol–water partition coefficient (Wildman–Crippen LogP) is 4.43. The summed E-state index contributed by atoms with van der Waals surface area (Å²) in [5.74, 6) is 1.81. The molecule has 4 unspecified atom stereocenters. The van der Waals surface area contributed by atoms with Crippen molar-refractivity contribution in [3.05, 3.63) is 0 Å². The molecular formula is C12H21Cl3O. The van der Waals surface area contributed by atoms with Crippen molar-refractivity contribution in [2.45, 2.75) is 49.9 Å². The van der Waals surface area contributed by atoms with Crippen LogP contribution in [-0.4, -0.2) is 15.0 Å². The van der Waals surface area contributed by atoms with Crippen LogP contribution in [0.4, 0.5) is 0 Å². The van der Waals surface area contributed by atoms with Gasteiger partial charge >= 0.3 is 0 Å². The van der Waals surface area contributed by atoms with E-state index < -0.39 is 9.90 Å². The van der Waals surface area contributed by atoms with Gasteiger partial charge in [0.1, 0.15) is 6.10 Å². The van der Waals surface area contributed by atoms with Crippen molar-refractivity contribution in [3.63, 3.8) is 0 Å². The van der Waals surface area contributed by atoms with Gasteiger partial charge in [0.2, 0.25) is 3.79 Å². The zero-order valence-electron chi connectivity index (χ0n) is 10.1. The monoisotopic (exact) mass is 286 g/mol. The maximum atomic E-state index is 10.1. The van der Waals surface area contributed by atoms with Gasteiger partial charge in [0.05, 0.1) is 0 Å². The van der Waals surface area contributed by atoms with Crippen LogP contribution < -0.4 is 0 Å². The second kappa shape index (κ2) is 5.65. The molecule has 0 aromatic carbocycles. The summed E-state index contributed by atoms with van der Waals surface area (Å²) in [6, 6.07) is 0. The Labute approximate surface area is 113 Å². The first kappa shape index (κ1) is 14.9. The second-order valence-corrected chi connectivity index (χ2v) is 7.81. The van der Waals surface area contributed by atoms with Crippen molar-refractivity contribution >= 4 is 34.8 Å². The molecule has 1 saturated carbocycles. The van der Waals surface area contributed by atoms with E-state index in [9.17, 15) is 5.11 Å². The molecule has 96 valence electrons. The first-order valence-corrected chi connectivity index (χ1v) is 7.11. The fourth-order valence-electron chi connectivity index (χ4n) is 2.68. The van der Waals surface area contributed by atoms with Crippen LogP contribution in [0, 0.1) is 23.7 Å². The van der Waals surface area contributed by atoms with Crippen LogP contribution >= 0.6 is 34.8 Å². The third kappa shape index (κ3) is 3.66. The largest absolute Gasteiger partial charge is 0.388 e. The smallest absolute Gasteiger partial charge is 0.216 e. The summed E-state index contributed by atoms with van der Waals surface area (Å²) in [6.45, 7) is 6.58. The molecule has 0 saturated heterocycles. The molecule has 4 atom stereocenters. The average molecular weight is 288 g/mol. The first-order valence-electron chi connectivity index (χ1n) is 5.98. The molecule has 1 aliphatic rings. The van der Waals surface area contributed by atoms with E-state index in [0.29, 0.717) is 17.8 Å². The van der Waals surface area contributed by atoms with Crippen molar-refractivity contribution in [3.8, 4) is 0 Å². The van der Waals surface area contributed by atoms with E-state index in [1.807, 2.05) is 0 Å². The van der Waals surface area contributed by atoms with Gasteiger partial charge in [-0.3, -0.25) is 0 Å². The molecule has 0 bridgehead atoms. The molecule has 0 spiro atoms. The average Bonchev–Trinajstić information content (AvgIpc) is 2.15. The van der Waals surface area contributed by atoms with Gasteiger partial charge in [0.15, 0.2) is 0 Å². The van der Waals surface area contributed by atoms with Crippen molar-refractivity contribution in [2.75, 3.05) is 0 Å². The van der Waals surface area contributed by atoms with Crippen molar-refractivity contribution in [1.29, 1.82) is 0 Å². The highest BCUT2D eigenvalue weighted by molar-refractivity contribution is 6.68. The second-order valence-electron chi connectivity index (χ2n) is 5.44. The Morgan fingerprint density at radius 1 is 1.19 bits per heavy atom. The van der Waals surface area contributed by atoms with Crippen LogP contribution in [0.3, 0.4) is 0 Å². The number of rotatable bonds is 2. The third-order valence-electron chi connectivity index (χ3n) is 3.98. The van der Waals surface area contributed by atoms with Crippen LogP contribution in [0.2, 0.25) is 0 Å². The SMILES string of the molecule is CC(C)C1CCC(C)C(C(O)C(Cl)(Cl)Cl)C1. The van der Waals surface area contributed by atoms with Crippen LogP contribution in [0.15, 0.2) is 0 Å². The van der Waals surface area contributed by atoms with E-state index >= 15 is 0 Å². The Morgan fingerprint density at radius 2 is 1.75 bits per heavy atom. The molecule has 0 amide bonds. The normalized spacial score (nSPS) is 34.1. The highest BCUT2D eigenvalue weighted by atomic mass is 35.6. The van der Waals surface area contributed by atoms with Crippen LogP contribution in [0.1, 0.15) is 40.0 Å². The zero-order valence-corrected chi connectivity index (χ0v) is 12.4. The molecule has 0 aromatic heterocycles. The fraction of sp³-hybridized carbons (Fsp3) is 1.00. The van der Waals surface area contributed by atoms with Crippen molar-refractivity contribution in [2.24, 2.45) is 23.7 Å². The Hall–Kier alpha value is 0.830. The lowest BCUT2D eigenvalue weighted by Gasteiger charge is -2.40. The zero-order chi connectivity index (χ0) is 12.5. The molecular weight excluding hydrogens is 266 g/mol. The third-order valence-corrected chi connectivity index (χ3v) is 4.65. The van der Waals surface area contributed by atoms with Crippen molar-refractivity contribution < 1.29 is 5.11 Å². The Bertz CT molecular complexity index is 225. The summed E-state index contributed by atoms with van der Waals surface area (Å²) < 4.78 is -1.56. The maximum Gasteiger partial charge on any atom is 0.216 e. The molecule has 1 N–H and O–H groups in total. The minimum Gasteiger partial charge on any atom is -0.388 e. The highest BCUT2D eigenvalue weighted by Gasteiger charge is 2.42. The number of aliphatic hydroxyl groups is 1. The predicted molar refractivity (Wildman–Crippen MR) is 71.1 cm³/mol. The Balaban J connectivity index is 2.70. The molecule has 16 heavy (non-hydrogen) atoms. The molecule has 1 rings (SSSR count). The number of hydrogen-bond acceptors (Lipinski definition) is 1. The number of halogens is 3. The minimum atomic E-state index is -1.56. The lowest BCUT2D eigenvalue weighted by molar-refractivity contribution is 0.0299. The number of hydrogen-bond donors (Lipinski definition) is 1. The Kier molecular flexibility index (Phi) is 5.25. The molecule has 4 heteroatoms. The molecule has 0 heterocycles. The fourth-order valence-corrected chi connectivity index (χ4v) is 3.16. The van der Waals surface area contributed by atoms with Crippen molar-refractivity contribution in [1.82, 2.24) is 0 Å². The summed E-state index contributed by atoms with van der Waals surface area (Å²) in [5, 5.41) is 10.1. The molecule has 0 aromatic rings. The lowest BCUT2D eigenvalue weighted by Crippen LogP contribution is -2.41. The molecule has 1 nitrogen and oxygen atoms in total. The van der Waals surface area contributed by atoms with E-state index in [-0.39, 0.29) is 5.92 Å². The minimum absolute atomic E-state index is 0.105. The topological polar surface area (TPSA) is 20.2 Å². The van der Waals surface area contributed by atoms with Gasteiger partial charge in [-0.1, -0.05) is 62.0 Å². The molecule has 1 fully saturated rings. The summed E-state index contributed by atoms with van der Waals surface area (Å²) >= 11 is 17.4. The summed E-state index contributed by atoms with van der Waals surface area (Å²) in [4.78, 5) is 0. The molecule has 1 aliphatic carbocycles. The van der Waals surface area contributed by atoms with E-state index in [1.54, 1.807) is 0 Å². The van der Waals surface area contributed by atoms with E-state index in [0.717, 1.165) is 12.8 Å². The lowest BCUT2D eigenvalue weighted by atomic mass is 9.69. The molecule has 0 radical (unpaired) electrons. The highest BCUT2D eigenvalue weighted by Crippen LogP contribution is 2.44. The quantitative estimate of drug-likeness (QED) is 0.745. The van der Waals surface area contributed by atoms with Crippen LogP contribution in [-0.2, 0) is 0 Å².